The maximum Gasteiger partial charge on any atom is 0.422 e. The smallest absolute Gasteiger partial charge is 0.422 e. The van der Waals surface area contributed by atoms with E-state index in [-0.39, 0.29) is 29.7 Å². The Morgan fingerprint density at radius 2 is 1.63 bits per heavy atom. The number of hydrogen-bond donors (Lipinski definition) is 2. The zero-order valence-electron chi connectivity index (χ0n) is 15.1. The lowest BCUT2D eigenvalue weighted by Crippen LogP contribution is -2.36. The molecule has 0 aliphatic carbocycles. The number of benzene rings is 2. The van der Waals surface area contributed by atoms with E-state index in [0.717, 1.165) is 5.56 Å². The van der Waals surface area contributed by atoms with Gasteiger partial charge in [-0.1, -0.05) is 48.0 Å². The molecular weight excluding hydrogens is 470 g/mol. The second-order valence-corrected chi connectivity index (χ2v) is 5.78. The normalized spacial score (nSPS) is 11.5. The van der Waals surface area contributed by atoms with Crippen LogP contribution in [0.25, 0.3) is 0 Å². The number of hydrogen-bond acceptors (Lipinski definition) is 2. The Morgan fingerprint density at radius 1 is 1.00 bits per heavy atom. The third-order valence-corrected chi connectivity index (χ3v) is 3.61. The van der Waals surface area contributed by atoms with Gasteiger partial charge in [0.1, 0.15) is 5.75 Å². The molecule has 0 aliphatic rings. The summed E-state index contributed by atoms with van der Waals surface area (Å²) in [6, 6.07) is 14.7. The Morgan fingerprint density at radius 3 is 2.26 bits per heavy atom. The lowest BCUT2D eigenvalue weighted by atomic mass is 10.1. The largest absolute Gasteiger partial charge is 0.484 e. The SMILES string of the molecule is CN=C(NCc1ccc(C)cc1)NCc1ccccc1OCC(F)(F)F.I. The number of nitrogens with one attached hydrogen (secondary N) is 2. The lowest BCUT2D eigenvalue weighted by molar-refractivity contribution is -0.153. The monoisotopic (exact) mass is 493 g/mol. The minimum absolute atomic E-state index is 0. The summed E-state index contributed by atoms with van der Waals surface area (Å²) in [5, 5.41) is 6.25. The van der Waals surface area contributed by atoms with Crippen molar-refractivity contribution in [2.75, 3.05) is 13.7 Å². The van der Waals surface area contributed by atoms with Crippen LogP contribution in [-0.4, -0.2) is 25.8 Å². The fraction of sp³-hybridized carbons (Fsp3) is 0.316. The van der Waals surface area contributed by atoms with Crippen molar-refractivity contribution in [3.8, 4) is 5.75 Å². The molecule has 4 nitrogen and oxygen atoms in total. The maximum atomic E-state index is 12.4. The second kappa shape index (κ2) is 11.0. The minimum Gasteiger partial charge on any atom is -0.484 e. The molecule has 2 aromatic carbocycles. The number of para-hydroxylation sites is 1. The van der Waals surface area contributed by atoms with Crippen LogP contribution >= 0.6 is 24.0 Å². The molecule has 2 rings (SSSR count). The van der Waals surface area contributed by atoms with E-state index in [1.807, 2.05) is 31.2 Å². The van der Waals surface area contributed by atoms with Crippen LogP contribution in [0.1, 0.15) is 16.7 Å². The summed E-state index contributed by atoms with van der Waals surface area (Å²) in [4.78, 5) is 4.12. The van der Waals surface area contributed by atoms with E-state index < -0.39 is 12.8 Å². The Kier molecular flexibility index (Phi) is 9.40. The second-order valence-electron chi connectivity index (χ2n) is 5.78. The molecule has 2 N–H and O–H groups in total. The highest BCUT2D eigenvalue weighted by Crippen LogP contribution is 2.22. The van der Waals surface area contributed by atoms with Gasteiger partial charge in [-0.25, -0.2) is 0 Å². The van der Waals surface area contributed by atoms with Crippen molar-refractivity contribution in [1.82, 2.24) is 10.6 Å². The van der Waals surface area contributed by atoms with Crippen molar-refractivity contribution < 1.29 is 17.9 Å². The topological polar surface area (TPSA) is 45.7 Å². The standard InChI is InChI=1S/C19H22F3N3O.HI/c1-14-7-9-15(10-8-14)11-24-18(23-2)25-12-16-5-3-4-6-17(16)26-13-19(20,21)22;/h3-10H,11-13H2,1-2H3,(H2,23,24,25);1H. The third kappa shape index (κ3) is 8.51. The summed E-state index contributed by atoms with van der Waals surface area (Å²) in [6.45, 7) is 1.59. The predicted molar refractivity (Wildman–Crippen MR) is 112 cm³/mol. The number of rotatable bonds is 6. The average Bonchev–Trinajstić information content (AvgIpc) is 2.61. The highest BCUT2D eigenvalue weighted by Gasteiger charge is 2.28. The van der Waals surface area contributed by atoms with Crippen molar-refractivity contribution >= 4 is 29.9 Å². The molecule has 0 unspecified atom stereocenters. The average molecular weight is 493 g/mol. The number of guanidine groups is 1. The number of ether oxygens (including phenoxy) is 1. The fourth-order valence-corrected chi connectivity index (χ4v) is 2.24. The van der Waals surface area contributed by atoms with Crippen LogP contribution in [0.2, 0.25) is 0 Å². The molecule has 0 aromatic heterocycles. The molecule has 148 valence electrons. The maximum absolute atomic E-state index is 12.4. The van der Waals surface area contributed by atoms with Gasteiger partial charge in [-0.15, -0.1) is 24.0 Å². The first-order chi connectivity index (χ1) is 12.4. The first kappa shape index (κ1) is 23.1. The number of aliphatic imine (C=N–C) groups is 1. The van der Waals surface area contributed by atoms with E-state index in [0.29, 0.717) is 24.6 Å². The highest BCUT2D eigenvalue weighted by atomic mass is 127. The van der Waals surface area contributed by atoms with E-state index in [4.69, 9.17) is 4.74 Å². The fourth-order valence-electron chi connectivity index (χ4n) is 2.24. The van der Waals surface area contributed by atoms with Crippen molar-refractivity contribution in [2.24, 2.45) is 4.99 Å². The molecule has 2 aromatic rings. The van der Waals surface area contributed by atoms with Crippen molar-refractivity contribution in [3.63, 3.8) is 0 Å². The van der Waals surface area contributed by atoms with Gasteiger partial charge in [0.15, 0.2) is 12.6 Å². The van der Waals surface area contributed by atoms with Gasteiger partial charge in [-0.3, -0.25) is 4.99 Å². The third-order valence-electron chi connectivity index (χ3n) is 3.61. The van der Waals surface area contributed by atoms with Gasteiger partial charge in [0.2, 0.25) is 0 Å². The quantitative estimate of drug-likeness (QED) is 0.356. The molecule has 8 heteroatoms. The molecule has 0 spiro atoms. The number of nitrogens with zero attached hydrogens (tertiary/aromatic N) is 1. The van der Waals surface area contributed by atoms with Gasteiger partial charge >= 0.3 is 6.18 Å². The van der Waals surface area contributed by atoms with Crippen molar-refractivity contribution in [3.05, 3.63) is 65.2 Å². The summed E-state index contributed by atoms with van der Waals surface area (Å²) >= 11 is 0. The van der Waals surface area contributed by atoms with Crippen LogP contribution in [0.15, 0.2) is 53.5 Å². The number of alkyl halides is 3. The Balaban J connectivity index is 0.00000364. The van der Waals surface area contributed by atoms with Crippen LogP contribution in [0.5, 0.6) is 5.75 Å². The predicted octanol–water partition coefficient (Wildman–Crippen LogP) is 4.42. The number of halogens is 4. The van der Waals surface area contributed by atoms with E-state index >= 15 is 0 Å². The van der Waals surface area contributed by atoms with Gasteiger partial charge in [0, 0.05) is 25.7 Å². The number of aryl methyl sites for hydroxylation is 1. The summed E-state index contributed by atoms with van der Waals surface area (Å²) in [7, 11) is 1.64. The Hall–Kier alpha value is -1.97. The Labute approximate surface area is 174 Å². The first-order valence-electron chi connectivity index (χ1n) is 8.15. The van der Waals surface area contributed by atoms with Crippen molar-refractivity contribution in [2.45, 2.75) is 26.2 Å². The molecule has 0 atom stereocenters. The zero-order valence-corrected chi connectivity index (χ0v) is 17.5. The van der Waals surface area contributed by atoms with Gasteiger partial charge in [-0.2, -0.15) is 13.2 Å². The molecule has 0 radical (unpaired) electrons. The van der Waals surface area contributed by atoms with Crippen LogP contribution in [0, 0.1) is 6.92 Å². The summed E-state index contributed by atoms with van der Waals surface area (Å²) < 4.78 is 42.0. The highest BCUT2D eigenvalue weighted by molar-refractivity contribution is 14.0. The summed E-state index contributed by atoms with van der Waals surface area (Å²) in [5.41, 5.74) is 2.91. The van der Waals surface area contributed by atoms with Gasteiger partial charge in [0.25, 0.3) is 0 Å². The first-order valence-corrected chi connectivity index (χ1v) is 8.15. The zero-order chi connectivity index (χ0) is 19.0. The lowest BCUT2D eigenvalue weighted by Gasteiger charge is -2.15. The van der Waals surface area contributed by atoms with Gasteiger partial charge < -0.3 is 15.4 Å². The summed E-state index contributed by atoms with van der Waals surface area (Å²) in [5.74, 6) is 0.752. The van der Waals surface area contributed by atoms with Crippen molar-refractivity contribution in [1.29, 1.82) is 0 Å². The van der Waals surface area contributed by atoms with Crippen LogP contribution < -0.4 is 15.4 Å². The minimum atomic E-state index is -4.37. The van der Waals surface area contributed by atoms with E-state index in [1.54, 1.807) is 25.2 Å². The molecular formula is C19H23F3IN3O. The molecule has 0 bridgehead atoms. The van der Waals surface area contributed by atoms with Crippen LogP contribution in [0.4, 0.5) is 13.2 Å². The van der Waals surface area contributed by atoms with E-state index in [9.17, 15) is 13.2 Å². The molecule has 27 heavy (non-hydrogen) atoms. The molecule has 0 aliphatic heterocycles. The molecule has 0 amide bonds. The van der Waals surface area contributed by atoms with E-state index in [2.05, 4.69) is 15.6 Å². The van der Waals surface area contributed by atoms with Crippen LogP contribution in [-0.2, 0) is 13.1 Å². The summed E-state index contributed by atoms with van der Waals surface area (Å²) in [6.07, 6.45) is -4.37. The Bertz CT molecular complexity index is 734. The van der Waals surface area contributed by atoms with Crippen LogP contribution in [0.3, 0.4) is 0 Å². The molecule has 0 saturated carbocycles. The van der Waals surface area contributed by atoms with Gasteiger partial charge in [0.05, 0.1) is 0 Å². The molecule has 0 heterocycles. The molecule has 0 saturated heterocycles. The van der Waals surface area contributed by atoms with Gasteiger partial charge in [-0.05, 0) is 18.6 Å². The van der Waals surface area contributed by atoms with E-state index in [1.165, 1.54) is 11.6 Å². The molecule has 0 fully saturated rings.